The van der Waals surface area contributed by atoms with Crippen molar-refractivity contribution in [1.82, 2.24) is 0 Å². The van der Waals surface area contributed by atoms with E-state index in [2.05, 4.69) is 10.0 Å². The number of fused-ring (bicyclic) bond motifs is 1. The van der Waals surface area contributed by atoms with Crippen LogP contribution in [-0.2, 0) is 21.2 Å². The van der Waals surface area contributed by atoms with Crippen molar-refractivity contribution in [1.29, 1.82) is 0 Å². The van der Waals surface area contributed by atoms with Crippen molar-refractivity contribution in [3.8, 4) is 11.5 Å². The van der Waals surface area contributed by atoms with Crippen LogP contribution in [0.15, 0.2) is 65.6 Å². The van der Waals surface area contributed by atoms with Crippen molar-refractivity contribution in [2.45, 2.75) is 17.7 Å². The molecule has 1 aliphatic heterocycles. The maximum absolute atomic E-state index is 13.1. The van der Waals surface area contributed by atoms with Gasteiger partial charge in [-0.25, -0.2) is 12.8 Å². The molecule has 3 aromatic carbocycles. The number of amides is 1. The molecule has 4 rings (SSSR count). The van der Waals surface area contributed by atoms with E-state index in [1.54, 1.807) is 30.3 Å². The van der Waals surface area contributed by atoms with Gasteiger partial charge in [0.25, 0.3) is 10.0 Å². The van der Waals surface area contributed by atoms with Crippen LogP contribution < -0.4 is 19.5 Å². The fraction of sp³-hybridized carbons (Fsp3) is 0.174. The Bertz CT molecular complexity index is 1280. The second-order valence-corrected chi connectivity index (χ2v) is 9.37. The van der Waals surface area contributed by atoms with Crippen LogP contribution in [0.2, 0.25) is 5.02 Å². The smallest absolute Gasteiger partial charge is 0.261 e. The quantitative estimate of drug-likeness (QED) is 0.525. The third-order valence-electron chi connectivity index (χ3n) is 4.80. The largest absolute Gasteiger partial charge is 0.489 e. The Labute approximate surface area is 195 Å². The number of ether oxygens (including phenoxy) is 2. The summed E-state index contributed by atoms with van der Waals surface area (Å²) in [4.78, 5) is 12.6. The van der Waals surface area contributed by atoms with Gasteiger partial charge in [0.1, 0.15) is 5.82 Å². The average Bonchev–Trinajstić information content (AvgIpc) is 3.01. The highest BCUT2D eigenvalue weighted by atomic mass is 35.5. The SMILES string of the molecule is O=C(Cc1cc(Cl)c2c(c1)OCCCO2)Nc1ccccc1NS(=O)(=O)c1ccc(F)cc1. The van der Waals surface area contributed by atoms with E-state index >= 15 is 0 Å². The summed E-state index contributed by atoms with van der Waals surface area (Å²) in [6.45, 7) is 0.984. The van der Waals surface area contributed by atoms with Gasteiger partial charge in [0, 0.05) is 6.42 Å². The molecular weight excluding hydrogens is 471 g/mol. The lowest BCUT2D eigenvalue weighted by molar-refractivity contribution is -0.115. The molecule has 0 saturated carbocycles. The molecule has 33 heavy (non-hydrogen) atoms. The summed E-state index contributed by atoms with van der Waals surface area (Å²) in [5, 5.41) is 3.06. The highest BCUT2D eigenvalue weighted by molar-refractivity contribution is 7.92. The lowest BCUT2D eigenvalue weighted by atomic mass is 10.1. The summed E-state index contributed by atoms with van der Waals surface area (Å²) >= 11 is 6.29. The molecule has 2 N–H and O–H groups in total. The number of halogens is 2. The van der Waals surface area contributed by atoms with Gasteiger partial charge >= 0.3 is 0 Å². The Morgan fingerprint density at radius 2 is 1.70 bits per heavy atom. The van der Waals surface area contributed by atoms with E-state index in [0.29, 0.717) is 35.3 Å². The highest BCUT2D eigenvalue weighted by Crippen LogP contribution is 2.38. The van der Waals surface area contributed by atoms with E-state index in [9.17, 15) is 17.6 Å². The molecular formula is C23H20ClFN2O5S. The zero-order valence-corrected chi connectivity index (χ0v) is 18.9. The molecule has 1 amide bonds. The number of nitrogens with one attached hydrogen (secondary N) is 2. The van der Waals surface area contributed by atoms with Gasteiger partial charge < -0.3 is 14.8 Å². The number of carbonyl (C=O) groups is 1. The zero-order valence-electron chi connectivity index (χ0n) is 17.3. The van der Waals surface area contributed by atoms with Gasteiger partial charge in [-0.2, -0.15) is 0 Å². The molecule has 3 aromatic rings. The second kappa shape index (κ2) is 9.68. The van der Waals surface area contributed by atoms with Gasteiger partial charge in [-0.15, -0.1) is 0 Å². The number of hydrogen-bond acceptors (Lipinski definition) is 5. The molecule has 172 valence electrons. The van der Waals surface area contributed by atoms with Crippen LogP contribution in [-0.4, -0.2) is 27.5 Å². The standard InChI is InChI=1S/C23H20ClFN2O5S/c24-18-12-15(13-21-23(18)32-11-3-10-31-21)14-22(28)26-19-4-1-2-5-20(19)27-33(29,30)17-8-6-16(25)7-9-17/h1-2,4-9,12-13,27H,3,10-11,14H2,(H,26,28). The van der Waals surface area contributed by atoms with Crippen LogP contribution in [0.3, 0.4) is 0 Å². The molecule has 0 atom stereocenters. The topological polar surface area (TPSA) is 93.7 Å². The van der Waals surface area contributed by atoms with Crippen LogP contribution >= 0.6 is 11.6 Å². The lowest BCUT2D eigenvalue weighted by Gasteiger charge is -2.14. The van der Waals surface area contributed by atoms with Crippen molar-refractivity contribution in [2.24, 2.45) is 0 Å². The number of benzene rings is 3. The summed E-state index contributed by atoms with van der Waals surface area (Å²) in [6, 6.07) is 14.2. The number of hydrogen-bond donors (Lipinski definition) is 2. The first-order valence-corrected chi connectivity index (χ1v) is 11.9. The third kappa shape index (κ3) is 5.55. The van der Waals surface area contributed by atoms with E-state index in [-0.39, 0.29) is 28.6 Å². The minimum atomic E-state index is -3.98. The van der Waals surface area contributed by atoms with Gasteiger partial charge in [-0.1, -0.05) is 23.7 Å². The molecule has 7 nitrogen and oxygen atoms in total. The van der Waals surface area contributed by atoms with E-state index in [1.807, 2.05) is 0 Å². The lowest BCUT2D eigenvalue weighted by Crippen LogP contribution is -2.18. The minimum absolute atomic E-state index is 0.0184. The average molecular weight is 491 g/mol. The molecule has 0 bridgehead atoms. The number of carbonyl (C=O) groups excluding carboxylic acids is 1. The van der Waals surface area contributed by atoms with Crippen molar-refractivity contribution in [2.75, 3.05) is 23.3 Å². The maximum atomic E-state index is 13.1. The maximum Gasteiger partial charge on any atom is 0.261 e. The molecule has 10 heteroatoms. The Morgan fingerprint density at radius 3 is 2.45 bits per heavy atom. The van der Waals surface area contributed by atoms with Gasteiger partial charge in [0.15, 0.2) is 11.5 Å². The fourth-order valence-electron chi connectivity index (χ4n) is 3.26. The Balaban J connectivity index is 1.50. The van der Waals surface area contributed by atoms with Crippen LogP contribution in [0.1, 0.15) is 12.0 Å². The van der Waals surface area contributed by atoms with Gasteiger partial charge in [0.05, 0.1) is 40.9 Å². The van der Waals surface area contributed by atoms with Gasteiger partial charge in [-0.05, 0) is 54.1 Å². The van der Waals surface area contributed by atoms with Crippen LogP contribution in [0.4, 0.5) is 15.8 Å². The Hall–Kier alpha value is -3.30. The fourth-order valence-corrected chi connectivity index (χ4v) is 4.63. The van der Waals surface area contributed by atoms with E-state index < -0.39 is 15.8 Å². The molecule has 1 aliphatic rings. The normalized spacial score (nSPS) is 13.2. The summed E-state index contributed by atoms with van der Waals surface area (Å²) in [6.07, 6.45) is 0.709. The first-order valence-electron chi connectivity index (χ1n) is 10.1. The van der Waals surface area contributed by atoms with Crippen LogP contribution in [0.25, 0.3) is 0 Å². The number of rotatable bonds is 6. The number of anilines is 2. The first-order chi connectivity index (χ1) is 15.8. The first kappa shape index (κ1) is 22.9. The molecule has 1 heterocycles. The molecule has 0 radical (unpaired) electrons. The van der Waals surface area contributed by atoms with E-state index in [1.165, 1.54) is 6.07 Å². The predicted molar refractivity (Wildman–Crippen MR) is 123 cm³/mol. The summed E-state index contributed by atoms with van der Waals surface area (Å²) in [5.41, 5.74) is 1.06. The van der Waals surface area contributed by atoms with Crippen molar-refractivity contribution < 1.29 is 27.1 Å². The summed E-state index contributed by atoms with van der Waals surface area (Å²) in [5.74, 6) is 0.0135. The summed E-state index contributed by atoms with van der Waals surface area (Å²) in [7, 11) is -3.98. The third-order valence-corrected chi connectivity index (χ3v) is 6.46. The van der Waals surface area contributed by atoms with Gasteiger partial charge in [-0.3, -0.25) is 9.52 Å². The van der Waals surface area contributed by atoms with Crippen molar-refractivity contribution >= 4 is 38.9 Å². The van der Waals surface area contributed by atoms with Crippen molar-refractivity contribution in [3.63, 3.8) is 0 Å². The number of sulfonamides is 1. The highest BCUT2D eigenvalue weighted by Gasteiger charge is 2.19. The Morgan fingerprint density at radius 1 is 1.00 bits per heavy atom. The van der Waals surface area contributed by atoms with Crippen LogP contribution in [0, 0.1) is 5.82 Å². The molecule has 0 spiro atoms. The molecule has 0 aliphatic carbocycles. The molecule has 0 fully saturated rings. The number of para-hydroxylation sites is 2. The minimum Gasteiger partial charge on any atom is -0.489 e. The second-order valence-electron chi connectivity index (χ2n) is 7.29. The van der Waals surface area contributed by atoms with Crippen molar-refractivity contribution in [3.05, 3.63) is 77.1 Å². The predicted octanol–water partition coefficient (Wildman–Crippen LogP) is 4.62. The summed E-state index contributed by atoms with van der Waals surface area (Å²) < 4.78 is 52.1. The zero-order chi connectivity index (χ0) is 23.4. The van der Waals surface area contributed by atoms with E-state index in [4.69, 9.17) is 21.1 Å². The monoisotopic (exact) mass is 490 g/mol. The van der Waals surface area contributed by atoms with Gasteiger partial charge in [0.2, 0.25) is 5.91 Å². The molecule has 0 unspecified atom stereocenters. The molecule has 0 saturated heterocycles. The Kier molecular flexibility index (Phi) is 6.71. The van der Waals surface area contributed by atoms with Crippen LogP contribution in [0.5, 0.6) is 11.5 Å². The van der Waals surface area contributed by atoms with E-state index in [0.717, 1.165) is 30.7 Å². The molecule has 0 aromatic heterocycles.